The lowest BCUT2D eigenvalue weighted by Gasteiger charge is -2.54. The molecule has 3 rings (SSSR count). The summed E-state index contributed by atoms with van der Waals surface area (Å²) in [5, 5.41) is 0. The van der Waals surface area contributed by atoms with Crippen molar-refractivity contribution in [2.75, 3.05) is 32.9 Å². The van der Waals surface area contributed by atoms with E-state index in [9.17, 15) is 4.79 Å². The van der Waals surface area contributed by atoms with Gasteiger partial charge >= 0.3 is 0 Å². The Kier molecular flexibility index (Phi) is 3.87. The van der Waals surface area contributed by atoms with Gasteiger partial charge in [0.2, 0.25) is 0 Å². The Bertz CT molecular complexity index is 534. The summed E-state index contributed by atoms with van der Waals surface area (Å²) >= 11 is 0. The molecule has 0 aromatic heterocycles. The average Bonchev–Trinajstić information content (AvgIpc) is 2.46. The van der Waals surface area contributed by atoms with Crippen LogP contribution in [0.15, 0.2) is 24.3 Å². The first kappa shape index (κ1) is 15.3. The number of hydrogen-bond donors (Lipinski definition) is 0. The van der Waals surface area contributed by atoms with Gasteiger partial charge in [-0.15, -0.1) is 0 Å². The highest BCUT2D eigenvalue weighted by atomic mass is 16.7. The highest BCUT2D eigenvalue weighted by Crippen LogP contribution is 2.38. The first-order valence-electron chi connectivity index (χ1n) is 7.73. The van der Waals surface area contributed by atoms with Gasteiger partial charge < -0.3 is 19.1 Å². The van der Waals surface area contributed by atoms with Gasteiger partial charge in [0.25, 0.3) is 5.91 Å². The van der Waals surface area contributed by atoms with Crippen LogP contribution in [0, 0.1) is 5.41 Å². The minimum Gasteiger partial charge on any atom is -0.494 e. The summed E-state index contributed by atoms with van der Waals surface area (Å²) in [5.41, 5.74) is 0.660. The number of hydrogen-bond acceptors (Lipinski definition) is 4. The van der Waals surface area contributed by atoms with Crippen molar-refractivity contribution in [3.8, 4) is 5.75 Å². The molecule has 5 heteroatoms. The number of rotatable bonds is 3. The average molecular weight is 305 g/mol. The van der Waals surface area contributed by atoms with Crippen molar-refractivity contribution in [1.29, 1.82) is 0 Å². The number of likely N-dealkylation sites (tertiary alicyclic amines) is 1. The molecule has 1 amide bonds. The number of carbonyl (C=O) groups excluding carboxylic acids is 1. The Balaban J connectivity index is 1.57. The maximum Gasteiger partial charge on any atom is 0.253 e. The second-order valence-corrected chi connectivity index (χ2v) is 6.60. The standard InChI is InChI=1S/C17H23NO4/c1-4-20-14-7-5-13(6-8-14)15(19)18-9-17(10-18)11-21-16(2,3)22-12-17/h5-8H,4,9-12H2,1-3H3. The summed E-state index contributed by atoms with van der Waals surface area (Å²) in [6.07, 6.45) is 0. The molecular weight excluding hydrogens is 282 g/mol. The molecule has 2 saturated heterocycles. The fraction of sp³-hybridized carbons (Fsp3) is 0.588. The second kappa shape index (κ2) is 5.56. The van der Waals surface area contributed by atoms with E-state index >= 15 is 0 Å². The summed E-state index contributed by atoms with van der Waals surface area (Å²) in [5.74, 6) is 0.332. The lowest BCUT2D eigenvalue weighted by atomic mass is 9.80. The largest absolute Gasteiger partial charge is 0.494 e. The van der Waals surface area contributed by atoms with Crippen LogP contribution in [0.4, 0.5) is 0 Å². The van der Waals surface area contributed by atoms with E-state index in [0.717, 1.165) is 5.75 Å². The molecule has 0 bridgehead atoms. The van der Waals surface area contributed by atoms with Crippen molar-refractivity contribution >= 4 is 5.91 Å². The molecule has 2 aliphatic rings. The van der Waals surface area contributed by atoms with Crippen LogP contribution in [0.25, 0.3) is 0 Å². The number of benzene rings is 1. The molecule has 0 unspecified atom stereocenters. The third kappa shape index (κ3) is 2.96. The molecule has 5 nitrogen and oxygen atoms in total. The zero-order valence-corrected chi connectivity index (χ0v) is 13.4. The number of amides is 1. The smallest absolute Gasteiger partial charge is 0.253 e. The SMILES string of the molecule is CCOc1ccc(C(=O)N2CC3(COC(C)(C)OC3)C2)cc1. The van der Waals surface area contributed by atoms with Crippen molar-refractivity contribution < 1.29 is 19.0 Å². The molecule has 0 atom stereocenters. The topological polar surface area (TPSA) is 48.0 Å². The molecular formula is C17H23NO4. The van der Waals surface area contributed by atoms with E-state index in [-0.39, 0.29) is 11.3 Å². The lowest BCUT2D eigenvalue weighted by Crippen LogP contribution is -2.65. The lowest BCUT2D eigenvalue weighted by molar-refractivity contribution is -0.301. The van der Waals surface area contributed by atoms with E-state index in [4.69, 9.17) is 14.2 Å². The van der Waals surface area contributed by atoms with E-state index in [0.29, 0.717) is 38.5 Å². The van der Waals surface area contributed by atoms with E-state index in [1.54, 1.807) is 0 Å². The van der Waals surface area contributed by atoms with Crippen molar-refractivity contribution in [2.45, 2.75) is 26.6 Å². The van der Waals surface area contributed by atoms with Crippen LogP contribution in [-0.2, 0) is 9.47 Å². The van der Waals surface area contributed by atoms with Crippen molar-refractivity contribution in [3.05, 3.63) is 29.8 Å². The number of nitrogens with zero attached hydrogens (tertiary/aromatic N) is 1. The van der Waals surface area contributed by atoms with Crippen LogP contribution in [0.3, 0.4) is 0 Å². The zero-order chi connectivity index (χ0) is 15.8. The van der Waals surface area contributed by atoms with Crippen LogP contribution < -0.4 is 4.74 Å². The molecule has 2 fully saturated rings. The van der Waals surface area contributed by atoms with Gasteiger partial charge in [0.05, 0.1) is 25.2 Å². The number of ether oxygens (including phenoxy) is 3. The van der Waals surface area contributed by atoms with Gasteiger partial charge in [0.1, 0.15) is 5.75 Å². The molecule has 2 aliphatic heterocycles. The maximum atomic E-state index is 12.5. The highest BCUT2D eigenvalue weighted by Gasteiger charge is 2.50. The summed E-state index contributed by atoms with van der Waals surface area (Å²) in [6, 6.07) is 7.30. The molecule has 0 aliphatic carbocycles. The monoisotopic (exact) mass is 305 g/mol. The van der Waals surface area contributed by atoms with Crippen LogP contribution in [0.2, 0.25) is 0 Å². The van der Waals surface area contributed by atoms with E-state index in [1.165, 1.54) is 0 Å². The summed E-state index contributed by atoms with van der Waals surface area (Å²) in [7, 11) is 0. The van der Waals surface area contributed by atoms with Crippen molar-refractivity contribution in [1.82, 2.24) is 4.90 Å². The highest BCUT2D eigenvalue weighted by molar-refractivity contribution is 5.95. The van der Waals surface area contributed by atoms with Gasteiger partial charge in [0, 0.05) is 18.7 Å². The predicted octanol–water partition coefficient (Wildman–Crippen LogP) is 2.31. The van der Waals surface area contributed by atoms with E-state index in [1.807, 2.05) is 49.9 Å². The van der Waals surface area contributed by atoms with Crippen LogP contribution >= 0.6 is 0 Å². The Morgan fingerprint density at radius 1 is 1.18 bits per heavy atom. The van der Waals surface area contributed by atoms with Crippen molar-refractivity contribution in [2.24, 2.45) is 5.41 Å². The first-order chi connectivity index (χ1) is 10.4. The maximum absolute atomic E-state index is 12.5. The minimum absolute atomic E-state index is 0.0313. The normalized spacial score (nSPS) is 22.2. The van der Waals surface area contributed by atoms with E-state index in [2.05, 4.69) is 0 Å². The third-order valence-electron chi connectivity index (χ3n) is 4.20. The number of carbonyl (C=O) groups is 1. The second-order valence-electron chi connectivity index (χ2n) is 6.60. The van der Waals surface area contributed by atoms with Gasteiger partial charge in [-0.1, -0.05) is 0 Å². The summed E-state index contributed by atoms with van der Waals surface area (Å²) < 4.78 is 16.8. The molecule has 120 valence electrons. The Labute approximate surface area is 131 Å². The summed E-state index contributed by atoms with van der Waals surface area (Å²) in [4.78, 5) is 14.3. The Hall–Kier alpha value is -1.59. The predicted molar refractivity (Wildman–Crippen MR) is 81.9 cm³/mol. The van der Waals surface area contributed by atoms with Crippen molar-refractivity contribution in [3.63, 3.8) is 0 Å². The fourth-order valence-corrected chi connectivity index (χ4v) is 2.87. The van der Waals surface area contributed by atoms with E-state index < -0.39 is 5.79 Å². The first-order valence-corrected chi connectivity index (χ1v) is 7.73. The molecule has 1 spiro atoms. The van der Waals surface area contributed by atoms with Crippen LogP contribution in [0.5, 0.6) is 5.75 Å². The Morgan fingerprint density at radius 3 is 2.32 bits per heavy atom. The molecule has 1 aromatic rings. The molecule has 1 aromatic carbocycles. The molecule has 0 radical (unpaired) electrons. The van der Waals surface area contributed by atoms with Gasteiger partial charge in [-0.05, 0) is 45.0 Å². The van der Waals surface area contributed by atoms with Crippen LogP contribution in [0.1, 0.15) is 31.1 Å². The molecule has 2 heterocycles. The molecule has 0 N–H and O–H groups in total. The van der Waals surface area contributed by atoms with Crippen LogP contribution in [-0.4, -0.2) is 49.5 Å². The molecule has 22 heavy (non-hydrogen) atoms. The fourth-order valence-electron chi connectivity index (χ4n) is 2.87. The van der Waals surface area contributed by atoms with Gasteiger partial charge in [0.15, 0.2) is 5.79 Å². The third-order valence-corrected chi connectivity index (χ3v) is 4.20. The Morgan fingerprint density at radius 2 is 1.77 bits per heavy atom. The van der Waals surface area contributed by atoms with Gasteiger partial charge in [-0.3, -0.25) is 4.79 Å². The zero-order valence-electron chi connectivity index (χ0n) is 13.4. The van der Waals surface area contributed by atoms with Gasteiger partial charge in [-0.25, -0.2) is 0 Å². The minimum atomic E-state index is -0.509. The quantitative estimate of drug-likeness (QED) is 0.860. The molecule has 0 saturated carbocycles. The summed E-state index contributed by atoms with van der Waals surface area (Å²) in [6.45, 7) is 9.07. The van der Waals surface area contributed by atoms with Gasteiger partial charge in [-0.2, -0.15) is 0 Å².